The zero-order chi connectivity index (χ0) is 10.8. The van der Waals surface area contributed by atoms with Crippen LogP contribution in [0.15, 0.2) is 23.2 Å². The number of aryl methyl sites for hydroxylation is 1. The van der Waals surface area contributed by atoms with Gasteiger partial charge in [-0.2, -0.15) is 18.2 Å². The maximum atomic E-state index is 12.4. The van der Waals surface area contributed by atoms with E-state index in [0.717, 1.165) is 6.07 Å². The molecular weight excluding hydrogens is 211 g/mol. The largest absolute Gasteiger partial charge is 0.416 e. The number of hydrogen-bond donors (Lipinski definition) is 0. The van der Waals surface area contributed by atoms with Crippen molar-refractivity contribution in [3.05, 3.63) is 29.3 Å². The number of rotatable bonds is 1. The third-order valence-electron chi connectivity index (χ3n) is 1.70. The minimum Gasteiger partial charge on any atom is -0.195 e. The van der Waals surface area contributed by atoms with Crippen LogP contribution < -0.4 is 0 Å². The quantitative estimate of drug-likeness (QED) is 0.515. The minimum absolute atomic E-state index is 0.165. The van der Waals surface area contributed by atoms with Gasteiger partial charge in [0.1, 0.15) is 0 Å². The normalized spacial score (nSPS) is 10.9. The van der Waals surface area contributed by atoms with Crippen molar-refractivity contribution in [2.24, 2.45) is 4.99 Å². The standard InChI is InChI=1S/C9H6F3NS/c1-6-2-3-7(13-5-14)4-8(6)9(10,11)12/h2-4H,1H3. The highest BCUT2D eigenvalue weighted by Gasteiger charge is 2.32. The van der Waals surface area contributed by atoms with Crippen LogP contribution in [0.3, 0.4) is 0 Å². The van der Waals surface area contributed by atoms with E-state index in [1.54, 1.807) is 0 Å². The van der Waals surface area contributed by atoms with Gasteiger partial charge < -0.3 is 0 Å². The van der Waals surface area contributed by atoms with E-state index in [4.69, 9.17) is 0 Å². The van der Waals surface area contributed by atoms with E-state index in [-0.39, 0.29) is 11.3 Å². The molecule has 74 valence electrons. The number of nitrogens with zero attached hydrogens (tertiary/aromatic N) is 1. The van der Waals surface area contributed by atoms with Crippen molar-refractivity contribution < 1.29 is 13.2 Å². The molecule has 5 heteroatoms. The first-order valence-electron chi connectivity index (χ1n) is 3.71. The maximum absolute atomic E-state index is 12.4. The molecular formula is C9H6F3NS. The Morgan fingerprint density at radius 1 is 1.36 bits per heavy atom. The molecule has 0 amide bonds. The van der Waals surface area contributed by atoms with E-state index in [2.05, 4.69) is 17.2 Å². The summed E-state index contributed by atoms with van der Waals surface area (Å²) in [6.07, 6.45) is -4.35. The second-order valence-electron chi connectivity index (χ2n) is 2.70. The van der Waals surface area contributed by atoms with Crippen LogP contribution in [0, 0.1) is 6.92 Å². The molecule has 1 aromatic carbocycles. The molecule has 0 N–H and O–H groups in total. The lowest BCUT2D eigenvalue weighted by atomic mass is 10.1. The molecule has 0 saturated heterocycles. The van der Waals surface area contributed by atoms with Gasteiger partial charge in [-0.05, 0) is 36.8 Å². The fraction of sp³-hybridized carbons (Fsp3) is 0.222. The maximum Gasteiger partial charge on any atom is 0.416 e. The first-order chi connectivity index (χ1) is 6.45. The summed E-state index contributed by atoms with van der Waals surface area (Å²) in [4.78, 5) is 3.49. The molecule has 0 atom stereocenters. The summed E-state index contributed by atoms with van der Waals surface area (Å²) in [5, 5.41) is 2.02. The Hall–Kier alpha value is -1.19. The topological polar surface area (TPSA) is 12.4 Å². The second-order valence-corrected chi connectivity index (χ2v) is 2.88. The van der Waals surface area contributed by atoms with E-state index < -0.39 is 11.7 Å². The van der Waals surface area contributed by atoms with Gasteiger partial charge in [0.2, 0.25) is 0 Å². The third kappa shape index (κ3) is 2.40. The Morgan fingerprint density at radius 3 is 2.50 bits per heavy atom. The molecule has 0 radical (unpaired) electrons. The van der Waals surface area contributed by atoms with Crippen LogP contribution >= 0.6 is 12.2 Å². The molecule has 0 fully saturated rings. The van der Waals surface area contributed by atoms with Crippen molar-refractivity contribution in [3.63, 3.8) is 0 Å². The summed E-state index contributed by atoms with van der Waals surface area (Å²) in [7, 11) is 0. The van der Waals surface area contributed by atoms with Crippen molar-refractivity contribution in [2.75, 3.05) is 0 Å². The molecule has 0 heterocycles. The van der Waals surface area contributed by atoms with Gasteiger partial charge in [-0.15, -0.1) is 0 Å². The van der Waals surface area contributed by atoms with Crippen LogP contribution in [0.4, 0.5) is 18.9 Å². The number of benzene rings is 1. The lowest BCUT2D eigenvalue weighted by molar-refractivity contribution is -0.138. The van der Waals surface area contributed by atoms with Crippen molar-refractivity contribution in [2.45, 2.75) is 13.1 Å². The van der Waals surface area contributed by atoms with Gasteiger partial charge in [0.05, 0.1) is 16.4 Å². The molecule has 0 aromatic heterocycles. The van der Waals surface area contributed by atoms with Gasteiger partial charge >= 0.3 is 6.18 Å². The van der Waals surface area contributed by atoms with E-state index >= 15 is 0 Å². The van der Waals surface area contributed by atoms with Crippen LogP contribution in [0.2, 0.25) is 0 Å². The van der Waals surface area contributed by atoms with Crippen LogP contribution in [0.5, 0.6) is 0 Å². The Kier molecular flexibility index (Phi) is 3.03. The summed E-state index contributed by atoms with van der Waals surface area (Å²) in [5.74, 6) is 0. The zero-order valence-corrected chi connectivity index (χ0v) is 8.04. The fourth-order valence-corrected chi connectivity index (χ4v) is 1.14. The number of hydrogen-bond acceptors (Lipinski definition) is 2. The van der Waals surface area contributed by atoms with E-state index in [0.29, 0.717) is 0 Å². The highest BCUT2D eigenvalue weighted by atomic mass is 32.1. The molecule has 1 rings (SSSR count). The molecule has 0 unspecified atom stereocenters. The number of aliphatic imine (C=N–C) groups is 1. The van der Waals surface area contributed by atoms with Crippen LogP contribution in [-0.4, -0.2) is 5.16 Å². The van der Waals surface area contributed by atoms with Crippen LogP contribution in [0.1, 0.15) is 11.1 Å². The summed E-state index contributed by atoms with van der Waals surface area (Å²) >= 11 is 4.31. The smallest absolute Gasteiger partial charge is 0.195 e. The average molecular weight is 217 g/mol. The SMILES string of the molecule is Cc1ccc(N=C=S)cc1C(F)(F)F. The molecule has 0 aliphatic rings. The fourth-order valence-electron chi connectivity index (χ4n) is 1.04. The lowest BCUT2D eigenvalue weighted by Gasteiger charge is -2.09. The van der Waals surface area contributed by atoms with Gasteiger partial charge in [-0.3, -0.25) is 0 Å². The number of halogens is 3. The van der Waals surface area contributed by atoms with E-state index in [1.165, 1.54) is 19.1 Å². The first kappa shape index (κ1) is 10.9. The van der Waals surface area contributed by atoms with Crippen LogP contribution in [-0.2, 0) is 6.18 Å². The van der Waals surface area contributed by atoms with Crippen molar-refractivity contribution >= 4 is 23.1 Å². The highest BCUT2D eigenvalue weighted by Crippen LogP contribution is 2.33. The van der Waals surface area contributed by atoms with Crippen LogP contribution in [0.25, 0.3) is 0 Å². The van der Waals surface area contributed by atoms with Crippen molar-refractivity contribution in [3.8, 4) is 0 Å². The van der Waals surface area contributed by atoms with Gasteiger partial charge in [0.15, 0.2) is 0 Å². The summed E-state index contributed by atoms with van der Waals surface area (Å²) in [6.45, 7) is 1.40. The summed E-state index contributed by atoms with van der Waals surface area (Å²) in [6, 6.07) is 3.77. The van der Waals surface area contributed by atoms with E-state index in [1.807, 2.05) is 5.16 Å². The van der Waals surface area contributed by atoms with Gasteiger partial charge in [0.25, 0.3) is 0 Å². The number of isothiocyanates is 1. The van der Waals surface area contributed by atoms with E-state index in [9.17, 15) is 13.2 Å². The zero-order valence-electron chi connectivity index (χ0n) is 7.22. The molecule has 0 aliphatic heterocycles. The highest BCUT2D eigenvalue weighted by molar-refractivity contribution is 7.78. The Bertz CT molecular complexity index is 392. The second kappa shape index (κ2) is 3.90. The van der Waals surface area contributed by atoms with Crippen molar-refractivity contribution in [1.29, 1.82) is 0 Å². The molecule has 0 bridgehead atoms. The lowest BCUT2D eigenvalue weighted by Crippen LogP contribution is -2.06. The van der Waals surface area contributed by atoms with Gasteiger partial charge in [-0.25, -0.2) is 0 Å². The first-order valence-corrected chi connectivity index (χ1v) is 4.11. The molecule has 1 aromatic rings. The molecule has 1 nitrogen and oxygen atoms in total. The predicted molar refractivity (Wildman–Crippen MR) is 50.9 cm³/mol. The van der Waals surface area contributed by atoms with Crippen molar-refractivity contribution in [1.82, 2.24) is 0 Å². The Balaban J connectivity index is 3.28. The molecule has 0 saturated carbocycles. The number of thiocarbonyl (C=S) groups is 1. The molecule has 0 aliphatic carbocycles. The average Bonchev–Trinajstić information content (AvgIpc) is 2.07. The van der Waals surface area contributed by atoms with Gasteiger partial charge in [-0.1, -0.05) is 6.07 Å². The summed E-state index contributed by atoms with van der Waals surface area (Å²) in [5.41, 5.74) is -0.359. The third-order valence-corrected chi connectivity index (χ3v) is 1.79. The number of alkyl halides is 3. The minimum atomic E-state index is -4.35. The monoisotopic (exact) mass is 217 g/mol. The molecule has 14 heavy (non-hydrogen) atoms. The Morgan fingerprint density at radius 2 is 2.00 bits per heavy atom. The molecule has 0 spiro atoms. The summed E-state index contributed by atoms with van der Waals surface area (Å²) < 4.78 is 37.1. The van der Waals surface area contributed by atoms with Gasteiger partial charge in [0, 0.05) is 0 Å². The Labute approximate surface area is 84.3 Å². The predicted octanol–water partition coefficient (Wildman–Crippen LogP) is 3.75.